The van der Waals surface area contributed by atoms with Crippen molar-refractivity contribution >= 4 is 16.8 Å². The van der Waals surface area contributed by atoms with E-state index in [0.717, 1.165) is 16.2 Å². The second-order valence-corrected chi connectivity index (χ2v) is 6.35. The van der Waals surface area contributed by atoms with Crippen LogP contribution < -0.4 is 10.6 Å². The van der Waals surface area contributed by atoms with Gasteiger partial charge in [-0.05, 0) is 26.0 Å². The normalized spacial score (nSPS) is 11.9. The molecule has 1 aromatic heterocycles. The minimum absolute atomic E-state index is 0.301. The van der Waals surface area contributed by atoms with E-state index >= 15 is 0 Å². The maximum absolute atomic E-state index is 12.0. The third-order valence-corrected chi connectivity index (χ3v) is 4.56. The predicted molar refractivity (Wildman–Crippen MR) is 83.9 cm³/mol. The predicted octanol–water partition coefficient (Wildman–Crippen LogP) is 1.90. The summed E-state index contributed by atoms with van der Waals surface area (Å²) >= 11 is 0. The summed E-state index contributed by atoms with van der Waals surface area (Å²) in [5.74, 6) is 1.07. The van der Waals surface area contributed by atoms with Crippen LogP contribution in [-0.2, 0) is 17.3 Å². The summed E-state index contributed by atoms with van der Waals surface area (Å²) in [6.45, 7) is 4.33. The quantitative estimate of drug-likeness (QED) is 0.851. The Morgan fingerprint density at radius 1 is 1.23 bits per heavy atom. The highest BCUT2D eigenvalue weighted by Gasteiger charge is 2.10. The maximum Gasteiger partial charge on any atom is 0.315 e. The van der Waals surface area contributed by atoms with E-state index in [1.165, 1.54) is 0 Å². The number of aromatic nitrogens is 1. The highest BCUT2D eigenvalue weighted by atomic mass is 32.2. The van der Waals surface area contributed by atoms with Crippen LogP contribution in [0.25, 0.3) is 0 Å². The molecule has 2 rings (SSSR count). The molecule has 1 atom stereocenters. The number of hydrogen-bond acceptors (Lipinski definition) is 4. The van der Waals surface area contributed by atoms with Gasteiger partial charge in [0.1, 0.15) is 5.76 Å². The molecule has 2 N–H and O–H groups in total. The first kappa shape index (κ1) is 16.2. The number of hydrogen-bond donors (Lipinski definition) is 2. The molecule has 0 saturated heterocycles. The van der Waals surface area contributed by atoms with E-state index < -0.39 is 10.8 Å². The maximum atomic E-state index is 12.0. The summed E-state index contributed by atoms with van der Waals surface area (Å²) < 4.78 is 17.0. The highest BCUT2D eigenvalue weighted by Crippen LogP contribution is 2.11. The molecule has 0 aliphatic heterocycles. The first-order chi connectivity index (χ1) is 10.6. The molecular weight excluding hydrogens is 302 g/mol. The second kappa shape index (κ2) is 7.74. The molecule has 0 bridgehead atoms. The first-order valence-electron chi connectivity index (χ1n) is 6.95. The Morgan fingerprint density at radius 3 is 2.59 bits per heavy atom. The topological polar surface area (TPSA) is 84.2 Å². The minimum atomic E-state index is -1.11. The number of nitrogens with one attached hydrogen (secondary N) is 2. The fraction of sp³-hybridized carbons (Fsp3) is 0.333. The average Bonchev–Trinajstić information content (AvgIpc) is 2.84. The zero-order valence-corrected chi connectivity index (χ0v) is 13.4. The van der Waals surface area contributed by atoms with Crippen molar-refractivity contribution in [1.82, 2.24) is 15.8 Å². The fourth-order valence-electron chi connectivity index (χ4n) is 1.93. The monoisotopic (exact) mass is 321 g/mol. The first-order valence-corrected chi connectivity index (χ1v) is 8.26. The van der Waals surface area contributed by atoms with E-state index in [4.69, 9.17) is 4.52 Å². The molecule has 0 aliphatic carbocycles. The van der Waals surface area contributed by atoms with Crippen molar-refractivity contribution in [1.29, 1.82) is 0 Å². The standard InChI is InChI=1S/C15H19N3O3S/c1-11-14(12(2)21-18-11)10-17-15(19)16-8-9-22(20)13-6-4-3-5-7-13/h3-7H,8-10H2,1-2H3,(H2,16,17,19). The van der Waals surface area contributed by atoms with E-state index in [0.29, 0.717) is 24.6 Å². The third-order valence-electron chi connectivity index (χ3n) is 3.19. The molecule has 6 nitrogen and oxygen atoms in total. The Labute approximate surface area is 131 Å². The van der Waals surface area contributed by atoms with Crippen LogP contribution in [0.1, 0.15) is 17.0 Å². The Morgan fingerprint density at radius 2 is 1.95 bits per heavy atom. The highest BCUT2D eigenvalue weighted by molar-refractivity contribution is 7.85. The van der Waals surface area contributed by atoms with Crippen molar-refractivity contribution < 1.29 is 13.5 Å². The molecule has 2 aromatic rings. The molecule has 0 aliphatic rings. The van der Waals surface area contributed by atoms with Crippen LogP contribution in [0.3, 0.4) is 0 Å². The van der Waals surface area contributed by atoms with Crippen LogP contribution in [0.4, 0.5) is 4.79 Å². The summed E-state index contributed by atoms with van der Waals surface area (Å²) in [4.78, 5) is 12.5. The molecular formula is C15H19N3O3S. The Bertz CT molecular complexity index is 636. The van der Waals surface area contributed by atoms with Gasteiger partial charge in [-0.3, -0.25) is 4.21 Å². The van der Waals surface area contributed by atoms with Gasteiger partial charge in [0.05, 0.1) is 16.5 Å². The molecule has 1 unspecified atom stereocenters. The molecule has 22 heavy (non-hydrogen) atoms. The molecule has 1 heterocycles. The van der Waals surface area contributed by atoms with Crippen molar-refractivity contribution in [2.75, 3.05) is 12.3 Å². The van der Waals surface area contributed by atoms with Crippen LogP contribution in [0, 0.1) is 13.8 Å². The van der Waals surface area contributed by atoms with Gasteiger partial charge in [-0.25, -0.2) is 4.79 Å². The van der Waals surface area contributed by atoms with Gasteiger partial charge in [0.2, 0.25) is 0 Å². The van der Waals surface area contributed by atoms with Crippen molar-refractivity contribution in [2.24, 2.45) is 0 Å². The van der Waals surface area contributed by atoms with Crippen molar-refractivity contribution in [3.63, 3.8) is 0 Å². The number of aryl methyl sites for hydroxylation is 2. The lowest BCUT2D eigenvalue weighted by Gasteiger charge is -2.07. The van der Waals surface area contributed by atoms with Gasteiger partial charge in [0.25, 0.3) is 0 Å². The van der Waals surface area contributed by atoms with E-state index in [-0.39, 0.29) is 6.03 Å². The van der Waals surface area contributed by atoms with Crippen LogP contribution in [-0.4, -0.2) is 27.7 Å². The SMILES string of the molecule is Cc1noc(C)c1CNC(=O)NCCS(=O)c1ccccc1. The van der Waals surface area contributed by atoms with Crippen LogP contribution in [0.5, 0.6) is 0 Å². The lowest BCUT2D eigenvalue weighted by atomic mass is 10.2. The molecule has 0 fully saturated rings. The number of urea groups is 1. The summed E-state index contributed by atoms with van der Waals surface area (Å²) in [5, 5.41) is 9.25. The van der Waals surface area contributed by atoms with Crippen LogP contribution in [0.15, 0.2) is 39.8 Å². The van der Waals surface area contributed by atoms with Crippen molar-refractivity contribution in [2.45, 2.75) is 25.3 Å². The van der Waals surface area contributed by atoms with Crippen molar-refractivity contribution in [3.05, 3.63) is 47.3 Å². The van der Waals surface area contributed by atoms with Crippen LogP contribution >= 0.6 is 0 Å². The summed E-state index contributed by atoms with van der Waals surface area (Å²) in [5.41, 5.74) is 1.64. The van der Waals surface area contributed by atoms with Gasteiger partial charge >= 0.3 is 6.03 Å². The number of benzene rings is 1. The zero-order valence-electron chi connectivity index (χ0n) is 12.6. The van der Waals surface area contributed by atoms with Crippen LogP contribution in [0.2, 0.25) is 0 Å². The van der Waals surface area contributed by atoms with E-state index in [1.54, 1.807) is 6.92 Å². The van der Waals surface area contributed by atoms with Crippen molar-refractivity contribution in [3.8, 4) is 0 Å². The summed E-state index contributed by atoms with van der Waals surface area (Å²) in [7, 11) is -1.11. The zero-order chi connectivity index (χ0) is 15.9. The molecule has 0 radical (unpaired) electrons. The van der Waals surface area contributed by atoms with E-state index in [1.807, 2.05) is 37.3 Å². The van der Waals surface area contributed by atoms with Gasteiger partial charge in [-0.1, -0.05) is 23.4 Å². The Balaban J connectivity index is 1.71. The van der Waals surface area contributed by atoms with Gasteiger partial charge in [0.15, 0.2) is 0 Å². The minimum Gasteiger partial charge on any atom is -0.361 e. The lowest BCUT2D eigenvalue weighted by Crippen LogP contribution is -2.37. The smallest absolute Gasteiger partial charge is 0.315 e. The lowest BCUT2D eigenvalue weighted by molar-refractivity contribution is 0.241. The molecule has 7 heteroatoms. The Hall–Kier alpha value is -2.15. The number of amides is 2. The largest absolute Gasteiger partial charge is 0.361 e. The van der Waals surface area contributed by atoms with E-state index in [9.17, 15) is 9.00 Å². The molecule has 118 valence electrons. The number of carbonyl (C=O) groups excluding carboxylic acids is 1. The van der Waals surface area contributed by atoms with Gasteiger partial charge in [-0.15, -0.1) is 0 Å². The molecule has 0 spiro atoms. The molecule has 2 amide bonds. The summed E-state index contributed by atoms with van der Waals surface area (Å²) in [6, 6.07) is 8.89. The van der Waals surface area contributed by atoms with Gasteiger partial charge in [-0.2, -0.15) is 0 Å². The van der Waals surface area contributed by atoms with Gasteiger partial charge in [0, 0.05) is 29.3 Å². The number of carbonyl (C=O) groups is 1. The molecule has 0 saturated carbocycles. The van der Waals surface area contributed by atoms with E-state index in [2.05, 4.69) is 15.8 Å². The number of rotatable bonds is 6. The Kier molecular flexibility index (Phi) is 5.71. The fourth-order valence-corrected chi connectivity index (χ4v) is 2.92. The third kappa shape index (κ3) is 4.42. The second-order valence-electron chi connectivity index (χ2n) is 4.77. The van der Waals surface area contributed by atoms with Gasteiger partial charge < -0.3 is 15.2 Å². The number of nitrogens with zero attached hydrogens (tertiary/aromatic N) is 1. The summed E-state index contributed by atoms with van der Waals surface area (Å²) in [6.07, 6.45) is 0. The molecule has 1 aromatic carbocycles. The average molecular weight is 321 g/mol.